The lowest BCUT2D eigenvalue weighted by Gasteiger charge is -2.61. The van der Waals surface area contributed by atoms with E-state index in [9.17, 15) is 4.79 Å². The van der Waals surface area contributed by atoms with Crippen LogP contribution in [-0.4, -0.2) is 78.8 Å². The van der Waals surface area contributed by atoms with Crippen molar-refractivity contribution in [3.63, 3.8) is 0 Å². The maximum Gasteiger partial charge on any atom is 0.354 e. The van der Waals surface area contributed by atoms with E-state index in [1.807, 2.05) is 13.8 Å². The summed E-state index contributed by atoms with van der Waals surface area (Å²) < 4.78 is 24.2. The van der Waals surface area contributed by atoms with E-state index in [0.29, 0.717) is 43.1 Å². The molecular weight excluding hydrogens is 476 g/mol. The van der Waals surface area contributed by atoms with Crippen molar-refractivity contribution >= 4 is 17.6 Å². The molecule has 10 heteroatoms. The predicted octanol–water partition coefficient (Wildman–Crippen LogP) is 3.18. The number of cyclic esters (lactones) is 1. The average molecular weight is 513 g/mol. The minimum atomic E-state index is -0.770. The molecule has 35 heavy (non-hydrogen) atoms. The number of ether oxygens (including phenoxy) is 4. The molecule has 6 aliphatic heterocycles. The zero-order valence-corrected chi connectivity index (χ0v) is 21.8. The van der Waals surface area contributed by atoms with E-state index in [1.54, 1.807) is 0 Å². The van der Waals surface area contributed by atoms with Gasteiger partial charge in [-0.25, -0.2) is 14.6 Å². The summed E-state index contributed by atoms with van der Waals surface area (Å²) in [6.07, 6.45) is 2.86. The molecule has 5 saturated heterocycles. The molecule has 7 aliphatic rings. The average Bonchev–Trinajstić information content (AvgIpc) is 2.96. The molecule has 6 fully saturated rings. The Balaban J connectivity index is 1.21. The second kappa shape index (κ2) is 8.82. The third kappa shape index (κ3) is 3.68. The monoisotopic (exact) mass is 512 g/mol. The molecule has 0 radical (unpaired) electrons. The van der Waals surface area contributed by atoms with E-state index in [2.05, 4.69) is 23.6 Å². The predicted molar refractivity (Wildman–Crippen MR) is 124 cm³/mol. The van der Waals surface area contributed by atoms with Crippen molar-refractivity contribution < 1.29 is 33.5 Å². The van der Waals surface area contributed by atoms with E-state index in [1.165, 1.54) is 6.42 Å². The van der Waals surface area contributed by atoms with E-state index >= 15 is 0 Å². The van der Waals surface area contributed by atoms with Crippen LogP contribution in [0.4, 0.5) is 0 Å². The first-order chi connectivity index (χ1) is 16.8. The van der Waals surface area contributed by atoms with Gasteiger partial charge in [-0.2, -0.15) is 0 Å². The highest BCUT2D eigenvalue weighted by Crippen LogP contribution is 2.60. The Morgan fingerprint density at radius 2 is 1.86 bits per heavy atom. The molecule has 1 unspecified atom stereocenters. The van der Waals surface area contributed by atoms with Crippen LogP contribution in [0.2, 0.25) is 0 Å². The lowest BCUT2D eigenvalue weighted by atomic mass is 9.58. The molecule has 9 nitrogen and oxygen atoms in total. The standard InChI is InChI=1S/C25H37ClN2O7/c1-5-30-22-19(18(26)21(29)32-22)27-10-12-28(13-11-27)20-15(3)17-7-6-14(2)16-8-9-24(4)33-23(31-20)25(16,17)35-34-24/h14-17,20,22-23H,5-13H2,1-4H3/t14-,15-,16+,17+,20-,22?,23-,24-,25-/m1/s1. The smallest absolute Gasteiger partial charge is 0.354 e. The van der Waals surface area contributed by atoms with Crippen LogP contribution < -0.4 is 0 Å². The van der Waals surface area contributed by atoms with Crippen LogP contribution in [0.15, 0.2) is 10.7 Å². The minimum Gasteiger partial charge on any atom is -0.425 e. The van der Waals surface area contributed by atoms with Crippen molar-refractivity contribution in [2.24, 2.45) is 23.7 Å². The molecule has 1 aliphatic carbocycles. The Morgan fingerprint density at radius 1 is 1.09 bits per heavy atom. The van der Waals surface area contributed by atoms with Crippen LogP contribution >= 0.6 is 11.6 Å². The summed E-state index contributed by atoms with van der Waals surface area (Å²) in [5.74, 6) is 0.180. The van der Waals surface area contributed by atoms with Crippen molar-refractivity contribution in [2.75, 3.05) is 32.8 Å². The first-order valence-corrected chi connectivity index (χ1v) is 13.6. The number of piperazine rings is 1. The number of rotatable bonds is 4. The lowest BCUT2D eigenvalue weighted by molar-refractivity contribution is -0.574. The van der Waals surface area contributed by atoms with Crippen molar-refractivity contribution in [1.82, 2.24) is 9.80 Å². The molecule has 6 heterocycles. The first-order valence-electron chi connectivity index (χ1n) is 13.2. The highest BCUT2D eigenvalue weighted by molar-refractivity contribution is 6.42. The lowest BCUT2D eigenvalue weighted by Crippen LogP contribution is -2.72. The zero-order chi connectivity index (χ0) is 24.5. The molecule has 1 saturated carbocycles. The van der Waals surface area contributed by atoms with E-state index < -0.39 is 29.9 Å². The van der Waals surface area contributed by atoms with Gasteiger partial charge in [0.25, 0.3) is 0 Å². The molecule has 0 aromatic carbocycles. The topological polar surface area (TPSA) is 78.9 Å². The van der Waals surface area contributed by atoms with Crippen LogP contribution in [0.1, 0.15) is 53.4 Å². The Kier molecular flexibility index (Phi) is 6.15. The number of fused-ring (bicyclic) bond motifs is 2. The molecule has 9 atom stereocenters. The summed E-state index contributed by atoms with van der Waals surface area (Å²) in [5.41, 5.74) is 0.0949. The fourth-order valence-electron chi connectivity index (χ4n) is 7.49. The summed E-state index contributed by atoms with van der Waals surface area (Å²) in [4.78, 5) is 28.8. The second-order valence-corrected chi connectivity index (χ2v) is 11.6. The molecule has 0 N–H and O–H groups in total. The van der Waals surface area contributed by atoms with Gasteiger partial charge in [0.05, 0.1) is 0 Å². The van der Waals surface area contributed by atoms with Crippen LogP contribution in [0.3, 0.4) is 0 Å². The van der Waals surface area contributed by atoms with Crippen LogP contribution in [-0.2, 0) is 33.5 Å². The molecular formula is C25H37ClN2O7. The van der Waals surface area contributed by atoms with Crippen LogP contribution in [0.5, 0.6) is 0 Å². The molecule has 0 aromatic heterocycles. The SMILES string of the molecule is CCOC1OC(=O)C(Cl)=C1N1CCN([C@@H]2O[C@@H]3O[C@@]4(C)CC[C@H]5[C@H](C)CC[C@@H]([C@H]2C)[C@@]35OO4)CC1. The van der Waals surface area contributed by atoms with Crippen molar-refractivity contribution in [2.45, 2.75) is 83.6 Å². The first kappa shape index (κ1) is 24.4. The highest BCUT2D eigenvalue weighted by Gasteiger charge is 2.69. The second-order valence-electron chi connectivity index (χ2n) is 11.2. The van der Waals surface area contributed by atoms with Crippen LogP contribution in [0, 0.1) is 23.7 Å². The van der Waals surface area contributed by atoms with E-state index in [4.69, 9.17) is 40.3 Å². The molecule has 196 valence electrons. The summed E-state index contributed by atoms with van der Waals surface area (Å²) in [5, 5.41) is 0.122. The quantitative estimate of drug-likeness (QED) is 0.417. The number of carbonyl (C=O) groups is 1. The molecule has 1 spiro atoms. The van der Waals surface area contributed by atoms with Gasteiger partial charge in [0, 0.05) is 51.0 Å². The van der Waals surface area contributed by atoms with E-state index in [-0.39, 0.29) is 17.2 Å². The van der Waals surface area contributed by atoms with Gasteiger partial charge in [0.2, 0.25) is 12.1 Å². The van der Waals surface area contributed by atoms with E-state index in [0.717, 1.165) is 32.4 Å². The number of nitrogens with zero attached hydrogens (tertiary/aromatic N) is 2. The molecule has 7 rings (SSSR count). The molecule has 0 aromatic rings. The summed E-state index contributed by atoms with van der Waals surface area (Å²) in [6, 6.07) is 0. The van der Waals surface area contributed by atoms with Gasteiger partial charge in [-0.05, 0) is 44.9 Å². The van der Waals surface area contributed by atoms with Gasteiger partial charge >= 0.3 is 5.97 Å². The summed E-state index contributed by atoms with van der Waals surface area (Å²) >= 11 is 6.31. The van der Waals surface area contributed by atoms with Crippen LogP contribution in [0.25, 0.3) is 0 Å². The zero-order valence-electron chi connectivity index (χ0n) is 21.0. The number of halogens is 1. The van der Waals surface area contributed by atoms with Gasteiger partial charge in [-0.1, -0.05) is 25.4 Å². The fourth-order valence-corrected chi connectivity index (χ4v) is 7.74. The van der Waals surface area contributed by atoms with Crippen molar-refractivity contribution in [1.29, 1.82) is 0 Å². The molecule has 0 amide bonds. The summed E-state index contributed by atoms with van der Waals surface area (Å²) in [7, 11) is 0. The van der Waals surface area contributed by atoms with Crippen molar-refractivity contribution in [3.05, 3.63) is 10.7 Å². The third-order valence-electron chi connectivity index (χ3n) is 9.30. The van der Waals surface area contributed by atoms with Gasteiger partial charge in [-0.3, -0.25) is 4.90 Å². The van der Waals surface area contributed by atoms with Gasteiger partial charge in [0.15, 0.2) is 16.9 Å². The number of esters is 1. The number of carbonyl (C=O) groups excluding carboxylic acids is 1. The number of hydrogen-bond donors (Lipinski definition) is 0. The normalized spacial score (nSPS) is 48.1. The highest BCUT2D eigenvalue weighted by atomic mass is 35.5. The minimum absolute atomic E-state index is 0.0769. The Bertz CT molecular complexity index is 895. The van der Waals surface area contributed by atoms with Crippen molar-refractivity contribution in [3.8, 4) is 0 Å². The fraction of sp³-hybridized carbons (Fsp3) is 0.880. The Morgan fingerprint density at radius 3 is 2.60 bits per heavy atom. The molecule has 2 bridgehead atoms. The maximum atomic E-state index is 12.1. The summed E-state index contributed by atoms with van der Waals surface area (Å²) in [6.45, 7) is 11.9. The Hall–Kier alpha value is -0.940. The Labute approximate surface area is 211 Å². The van der Waals surface area contributed by atoms with Gasteiger partial charge < -0.3 is 23.8 Å². The van der Waals surface area contributed by atoms with Gasteiger partial charge in [-0.15, -0.1) is 0 Å². The largest absolute Gasteiger partial charge is 0.425 e. The number of hydrogen-bond acceptors (Lipinski definition) is 9. The third-order valence-corrected chi connectivity index (χ3v) is 9.65. The van der Waals surface area contributed by atoms with Gasteiger partial charge in [0.1, 0.15) is 11.9 Å². The maximum absolute atomic E-state index is 12.1.